The number of benzene rings is 1. The summed E-state index contributed by atoms with van der Waals surface area (Å²) >= 11 is 0. The van der Waals surface area contributed by atoms with E-state index in [4.69, 9.17) is 0 Å². The van der Waals surface area contributed by atoms with Crippen LogP contribution >= 0.6 is 0 Å². The molecule has 16 heavy (non-hydrogen) atoms. The van der Waals surface area contributed by atoms with Gasteiger partial charge in [0.15, 0.2) is 0 Å². The average molecular weight is 216 g/mol. The quantitative estimate of drug-likeness (QED) is 0.727. The van der Waals surface area contributed by atoms with Gasteiger partial charge in [0.2, 0.25) is 0 Å². The molecule has 0 radical (unpaired) electrons. The van der Waals surface area contributed by atoms with Gasteiger partial charge in [0.1, 0.15) is 12.1 Å². The lowest BCUT2D eigenvalue weighted by molar-refractivity contribution is -0.126. The highest BCUT2D eigenvalue weighted by Gasteiger charge is 2.42. The van der Waals surface area contributed by atoms with Crippen molar-refractivity contribution < 1.29 is 9.59 Å². The summed E-state index contributed by atoms with van der Waals surface area (Å²) in [6.07, 6.45) is 3.32. The molecule has 1 saturated carbocycles. The molecule has 0 saturated heterocycles. The zero-order valence-electron chi connectivity index (χ0n) is 9.48. The van der Waals surface area contributed by atoms with Crippen LogP contribution in [0.3, 0.4) is 0 Å². The Morgan fingerprint density at radius 3 is 2.50 bits per heavy atom. The average Bonchev–Trinajstić information content (AvgIpc) is 2.76. The molecule has 1 fully saturated rings. The molecule has 1 aromatic rings. The van der Waals surface area contributed by atoms with Crippen LogP contribution < -0.4 is 0 Å². The minimum atomic E-state index is -0.644. The normalized spacial score (nSPS) is 24.1. The number of carbonyl (C=O) groups is 2. The molecule has 0 heterocycles. The molecule has 2 unspecified atom stereocenters. The number of aldehydes is 1. The van der Waals surface area contributed by atoms with Crippen molar-refractivity contribution in [2.45, 2.75) is 31.6 Å². The number of carbonyl (C=O) groups excluding carboxylic acids is 2. The van der Waals surface area contributed by atoms with Crippen LogP contribution in [-0.4, -0.2) is 12.1 Å². The molecular formula is C14H16O2. The molecule has 0 bridgehead atoms. The first kappa shape index (κ1) is 11.1. The fourth-order valence-electron chi connectivity index (χ4n) is 2.60. The highest BCUT2D eigenvalue weighted by Crippen LogP contribution is 2.38. The summed E-state index contributed by atoms with van der Waals surface area (Å²) in [5.74, 6) is 0.103. The van der Waals surface area contributed by atoms with Gasteiger partial charge in [-0.25, -0.2) is 0 Å². The maximum atomic E-state index is 11.8. The van der Waals surface area contributed by atoms with Gasteiger partial charge in [0, 0.05) is 12.3 Å². The minimum Gasteiger partial charge on any atom is -0.302 e. The van der Waals surface area contributed by atoms with Gasteiger partial charge in [-0.2, -0.15) is 0 Å². The highest BCUT2D eigenvalue weighted by molar-refractivity contribution is 5.89. The van der Waals surface area contributed by atoms with Crippen molar-refractivity contribution >= 4 is 12.1 Å². The van der Waals surface area contributed by atoms with E-state index in [0.29, 0.717) is 6.42 Å². The monoisotopic (exact) mass is 216 g/mol. The van der Waals surface area contributed by atoms with Gasteiger partial charge >= 0.3 is 0 Å². The molecule has 2 rings (SSSR count). The van der Waals surface area contributed by atoms with Crippen LogP contribution in [0.15, 0.2) is 30.3 Å². The van der Waals surface area contributed by atoms with E-state index in [2.05, 4.69) is 0 Å². The largest absolute Gasteiger partial charge is 0.302 e. The Kier molecular flexibility index (Phi) is 2.90. The van der Waals surface area contributed by atoms with E-state index >= 15 is 0 Å². The van der Waals surface area contributed by atoms with Gasteiger partial charge in [0.05, 0.1) is 5.41 Å². The van der Waals surface area contributed by atoms with Crippen molar-refractivity contribution in [3.05, 3.63) is 35.9 Å². The van der Waals surface area contributed by atoms with Crippen LogP contribution in [0.1, 0.15) is 31.7 Å². The molecule has 2 heteroatoms. The topological polar surface area (TPSA) is 34.1 Å². The van der Waals surface area contributed by atoms with Gasteiger partial charge < -0.3 is 4.79 Å². The second kappa shape index (κ2) is 4.20. The number of Topliss-reactive ketones (excluding diaryl/α,β-unsaturated/α-hetero) is 1. The second-order valence-corrected chi connectivity index (χ2v) is 4.68. The smallest absolute Gasteiger partial charge is 0.137 e. The summed E-state index contributed by atoms with van der Waals surface area (Å²) in [6.45, 7) is 1.88. The molecular weight excluding hydrogens is 200 g/mol. The van der Waals surface area contributed by atoms with E-state index in [1.165, 1.54) is 0 Å². The van der Waals surface area contributed by atoms with Gasteiger partial charge in [0.25, 0.3) is 0 Å². The van der Waals surface area contributed by atoms with Gasteiger partial charge in [-0.1, -0.05) is 30.3 Å². The molecule has 0 aromatic heterocycles. The van der Waals surface area contributed by atoms with E-state index < -0.39 is 5.41 Å². The molecule has 2 nitrogen and oxygen atoms in total. The summed E-state index contributed by atoms with van der Waals surface area (Å²) in [7, 11) is 0. The molecule has 0 N–H and O–H groups in total. The first-order chi connectivity index (χ1) is 7.68. The fourth-order valence-corrected chi connectivity index (χ4v) is 2.60. The zero-order chi connectivity index (χ0) is 11.6. The molecule has 1 aliphatic carbocycles. The molecule has 0 aliphatic heterocycles. The Bertz CT molecular complexity index is 396. The lowest BCUT2D eigenvalue weighted by Gasteiger charge is -2.29. The van der Waals surface area contributed by atoms with E-state index in [1.807, 2.05) is 37.3 Å². The third-order valence-corrected chi connectivity index (χ3v) is 3.67. The molecule has 0 amide bonds. The molecule has 1 aliphatic rings. The van der Waals surface area contributed by atoms with Crippen molar-refractivity contribution in [3.8, 4) is 0 Å². The maximum absolute atomic E-state index is 11.8. The van der Waals surface area contributed by atoms with E-state index in [0.717, 1.165) is 24.7 Å². The van der Waals surface area contributed by atoms with E-state index in [9.17, 15) is 9.59 Å². The molecule has 0 spiro atoms. The Labute approximate surface area is 95.7 Å². The predicted molar refractivity (Wildman–Crippen MR) is 62.2 cm³/mol. The predicted octanol–water partition coefficient (Wildman–Crippen LogP) is 2.51. The van der Waals surface area contributed by atoms with E-state index in [-0.39, 0.29) is 11.7 Å². The Morgan fingerprint density at radius 2 is 2.00 bits per heavy atom. The summed E-state index contributed by atoms with van der Waals surface area (Å²) in [5.41, 5.74) is 0.305. The number of hydrogen-bond donors (Lipinski definition) is 0. The van der Waals surface area contributed by atoms with Crippen molar-refractivity contribution in [1.29, 1.82) is 0 Å². The van der Waals surface area contributed by atoms with Crippen molar-refractivity contribution in [1.82, 2.24) is 0 Å². The van der Waals surface area contributed by atoms with Crippen molar-refractivity contribution in [2.24, 2.45) is 5.92 Å². The Balaban J connectivity index is 2.39. The van der Waals surface area contributed by atoms with Gasteiger partial charge in [-0.05, 0) is 25.3 Å². The number of rotatable bonds is 3. The molecule has 2 atom stereocenters. The summed E-state index contributed by atoms with van der Waals surface area (Å²) in [4.78, 5) is 23.2. The SMILES string of the molecule is CC(C=O)(c1ccccc1)C1CCCC1=O. The third-order valence-electron chi connectivity index (χ3n) is 3.67. The van der Waals surface area contributed by atoms with Gasteiger partial charge in [-0.15, -0.1) is 0 Å². The van der Waals surface area contributed by atoms with Crippen LogP contribution in [0.5, 0.6) is 0 Å². The first-order valence-corrected chi connectivity index (χ1v) is 5.73. The standard InChI is InChI=1S/C14H16O2/c1-14(10-15,11-6-3-2-4-7-11)12-8-5-9-13(12)16/h2-4,6-7,10,12H,5,8-9H2,1H3. The summed E-state index contributed by atoms with van der Waals surface area (Å²) in [5, 5.41) is 0. The second-order valence-electron chi connectivity index (χ2n) is 4.68. The summed E-state index contributed by atoms with van der Waals surface area (Å²) < 4.78 is 0. The van der Waals surface area contributed by atoms with Crippen LogP contribution in [-0.2, 0) is 15.0 Å². The molecule has 84 valence electrons. The fraction of sp³-hybridized carbons (Fsp3) is 0.429. The lowest BCUT2D eigenvalue weighted by Crippen LogP contribution is -2.36. The first-order valence-electron chi connectivity index (χ1n) is 5.73. The van der Waals surface area contributed by atoms with Crippen LogP contribution in [0.25, 0.3) is 0 Å². The number of ketones is 1. The van der Waals surface area contributed by atoms with Crippen LogP contribution in [0, 0.1) is 5.92 Å². The third kappa shape index (κ3) is 1.69. The number of hydrogen-bond acceptors (Lipinski definition) is 2. The van der Waals surface area contributed by atoms with Crippen LogP contribution in [0.2, 0.25) is 0 Å². The molecule has 1 aromatic carbocycles. The Morgan fingerprint density at radius 1 is 1.31 bits per heavy atom. The highest BCUT2D eigenvalue weighted by atomic mass is 16.1. The van der Waals surface area contributed by atoms with E-state index in [1.54, 1.807) is 0 Å². The van der Waals surface area contributed by atoms with Crippen molar-refractivity contribution in [2.75, 3.05) is 0 Å². The van der Waals surface area contributed by atoms with Crippen molar-refractivity contribution in [3.63, 3.8) is 0 Å². The van der Waals surface area contributed by atoms with Gasteiger partial charge in [-0.3, -0.25) is 4.79 Å². The zero-order valence-corrected chi connectivity index (χ0v) is 9.48. The van der Waals surface area contributed by atoms with Crippen LogP contribution in [0.4, 0.5) is 0 Å². The maximum Gasteiger partial charge on any atom is 0.137 e. The summed E-state index contributed by atoms with van der Waals surface area (Å²) in [6, 6.07) is 9.61. The Hall–Kier alpha value is -1.44. The lowest BCUT2D eigenvalue weighted by atomic mass is 9.72. The minimum absolute atomic E-state index is 0.132.